The van der Waals surface area contributed by atoms with Crippen LogP contribution in [0.15, 0.2) is 11.1 Å². The zero-order valence-electron chi connectivity index (χ0n) is 6.42. The number of rotatable bonds is 0. The molecule has 0 spiro atoms. The number of carbonyl (C=O) groups excluding carboxylic acids is 1. The molecule has 1 rings (SSSR count). The number of hydrogen-bond acceptors (Lipinski definition) is 2. The molecule has 0 saturated carbocycles. The summed E-state index contributed by atoms with van der Waals surface area (Å²) in [6.07, 6.45) is 5.25. The van der Waals surface area contributed by atoms with Crippen LogP contribution in [0.3, 0.4) is 0 Å². The number of ketones is 1. The summed E-state index contributed by atoms with van der Waals surface area (Å²) in [7, 11) is 0. The molecule has 0 saturated heterocycles. The summed E-state index contributed by atoms with van der Waals surface area (Å²) >= 11 is 0. The first-order valence-corrected chi connectivity index (χ1v) is 3.52. The largest absolute Gasteiger partial charge is 0.392 e. The summed E-state index contributed by atoms with van der Waals surface area (Å²) in [5.41, 5.74) is 1.28. The zero-order chi connectivity index (χ0) is 8.43. The fourth-order valence-electron chi connectivity index (χ4n) is 1.16. The van der Waals surface area contributed by atoms with Crippen LogP contribution in [0.25, 0.3) is 0 Å². The number of aliphatic hydroxyl groups excluding tert-OH is 1. The van der Waals surface area contributed by atoms with Crippen molar-refractivity contribution in [2.75, 3.05) is 0 Å². The monoisotopic (exact) mass is 150 g/mol. The van der Waals surface area contributed by atoms with E-state index in [1.165, 1.54) is 0 Å². The molecule has 0 amide bonds. The maximum absolute atomic E-state index is 11.1. The summed E-state index contributed by atoms with van der Waals surface area (Å²) in [6, 6.07) is 0. The third-order valence-corrected chi connectivity index (χ3v) is 1.91. The van der Waals surface area contributed by atoms with Crippen LogP contribution in [0, 0.1) is 12.3 Å². The van der Waals surface area contributed by atoms with Gasteiger partial charge in [0.05, 0.1) is 6.10 Å². The Balaban J connectivity index is 2.97. The Labute approximate surface area is 65.9 Å². The quantitative estimate of drug-likeness (QED) is 0.515. The van der Waals surface area contributed by atoms with Crippen LogP contribution < -0.4 is 0 Å². The van der Waals surface area contributed by atoms with Crippen molar-refractivity contribution < 1.29 is 9.90 Å². The predicted octanol–water partition coefficient (Wildman–Crippen LogP) is 0.660. The minimum atomic E-state index is -0.572. The Morgan fingerprint density at radius 3 is 2.82 bits per heavy atom. The lowest BCUT2D eigenvalue weighted by molar-refractivity contribution is -0.117. The zero-order valence-corrected chi connectivity index (χ0v) is 6.42. The Bertz CT molecular complexity index is 255. The smallest absolute Gasteiger partial charge is 0.162 e. The maximum atomic E-state index is 11.1. The number of allylic oxidation sites excluding steroid dienone is 1. The van der Waals surface area contributed by atoms with Crippen molar-refractivity contribution in [2.45, 2.75) is 25.9 Å². The van der Waals surface area contributed by atoms with E-state index in [0.717, 1.165) is 0 Å². The van der Waals surface area contributed by atoms with Crippen molar-refractivity contribution in [1.82, 2.24) is 0 Å². The van der Waals surface area contributed by atoms with Gasteiger partial charge in [-0.2, -0.15) is 0 Å². The van der Waals surface area contributed by atoms with E-state index < -0.39 is 6.10 Å². The number of Topliss-reactive ketones (excluding diaryl/α,β-unsaturated/α-hetero) is 1. The molecule has 0 aromatic rings. The summed E-state index contributed by atoms with van der Waals surface area (Å²) in [5.74, 6) is 2.38. The standard InChI is InChI=1S/C9H10O2/c1-3-7-4-8(10)5-9(11)6(7)2/h1,8,10H,4-5H2,2H3. The minimum absolute atomic E-state index is 0.0308. The number of aliphatic hydroxyl groups is 1. The first-order chi connectivity index (χ1) is 5.15. The molecule has 0 aromatic heterocycles. The lowest BCUT2D eigenvalue weighted by Crippen LogP contribution is -2.21. The van der Waals surface area contributed by atoms with Gasteiger partial charge in [-0.15, -0.1) is 6.42 Å². The van der Waals surface area contributed by atoms with Gasteiger partial charge >= 0.3 is 0 Å². The van der Waals surface area contributed by atoms with Gasteiger partial charge in [-0.3, -0.25) is 4.79 Å². The second kappa shape index (κ2) is 2.89. The summed E-state index contributed by atoms with van der Waals surface area (Å²) in [4.78, 5) is 11.1. The van der Waals surface area contributed by atoms with Gasteiger partial charge in [0.1, 0.15) is 0 Å². The van der Waals surface area contributed by atoms with Crippen LogP contribution in [-0.2, 0) is 4.79 Å². The highest BCUT2D eigenvalue weighted by Gasteiger charge is 2.21. The number of hydrogen-bond donors (Lipinski definition) is 1. The van der Waals surface area contributed by atoms with Crippen LogP contribution in [0.5, 0.6) is 0 Å². The van der Waals surface area contributed by atoms with Gasteiger partial charge in [-0.25, -0.2) is 0 Å². The molecule has 0 bridgehead atoms. The molecule has 1 N–H and O–H groups in total. The molecule has 0 aromatic carbocycles. The van der Waals surface area contributed by atoms with Crippen LogP contribution >= 0.6 is 0 Å². The third kappa shape index (κ3) is 1.50. The van der Waals surface area contributed by atoms with Crippen molar-refractivity contribution in [3.8, 4) is 12.3 Å². The van der Waals surface area contributed by atoms with Gasteiger partial charge < -0.3 is 5.11 Å². The predicted molar refractivity (Wildman–Crippen MR) is 41.8 cm³/mol. The van der Waals surface area contributed by atoms with Gasteiger partial charge in [0.15, 0.2) is 5.78 Å². The molecule has 0 radical (unpaired) electrons. The molecular weight excluding hydrogens is 140 g/mol. The van der Waals surface area contributed by atoms with E-state index in [1.807, 2.05) is 0 Å². The maximum Gasteiger partial charge on any atom is 0.162 e. The van der Waals surface area contributed by atoms with Crippen LogP contribution in [-0.4, -0.2) is 17.0 Å². The second-order valence-electron chi connectivity index (χ2n) is 2.73. The van der Waals surface area contributed by atoms with E-state index in [1.54, 1.807) is 6.92 Å². The van der Waals surface area contributed by atoms with Crippen LogP contribution in [0.2, 0.25) is 0 Å². The van der Waals surface area contributed by atoms with Crippen molar-refractivity contribution in [2.24, 2.45) is 0 Å². The van der Waals surface area contributed by atoms with Crippen molar-refractivity contribution in [3.63, 3.8) is 0 Å². The summed E-state index contributed by atoms with van der Waals surface area (Å²) in [5, 5.41) is 9.15. The van der Waals surface area contributed by atoms with Crippen LogP contribution in [0.4, 0.5) is 0 Å². The summed E-state index contributed by atoms with van der Waals surface area (Å²) in [6.45, 7) is 1.71. The first kappa shape index (κ1) is 8.03. The molecule has 1 atom stereocenters. The molecule has 0 fully saturated rings. The Morgan fingerprint density at radius 1 is 1.64 bits per heavy atom. The van der Waals surface area contributed by atoms with Crippen molar-refractivity contribution in [3.05, 3.63) is 11.1 Å². The Morgan fingerprint density at radius 2 is 2.27 bits per heavy atom. The molecular formula is C9H10O2. The highest BCUT2D eigenvalue weighted by atomic mass is 16.3. The van der Waals surface area contributed by atoms with Crippen LogP contribution in [0.1, 0.15) is 19.8 Å². The van der Waals surface area contributed by atoms with E-state index >= 15 is 0 Å². The Hall–Kier alpha value is -1.07. The molecule has 58 valence electrons. The SMILES string of the molecule is C#CC1=C(C)C(=O)CC(O)C1. The molecule has 0 aliphatic heterocycles. The molecule has 1 unspecified atom stereocenters. The fourth-order valence-corrected chi connectivity index (χ4v) is 1.16. The second-order valence-corrected chi connectivity index (χ2v) is 2.73. The van der Waals surface area contributed by atoms with Gasteiger partial charge in [-0.1, -0.05) is 5.92 Å². The Kier molecular flexibility index (Phi) is 2.11. The number of carbonyl (C=O) groups is 1. The van der Waals surface area contributed by atoms with E-state index in [9.17, 15) is 4.79 Å². The van der Waals surface area contributed by atoms with Gasteiger partial charge in [0.2, 0.25) is 0 Å². The third-order valence-electron chi connectivity index (χ3n) is 1.91. The average Bonchev–Trinajstić information content (AvgIpc) is 1.96. The fraction of sp³-hybridized carbons (Fsp3) is 0.444. The van der Waals surface area contributed by atoms with Crippen molar-refractivity contribution in [1.29, 1.82) is 0 Å². The molecule has 1 aliphatic rings. The molecule has 2 heteroatoms. The average molecular weight is 150 g/mol. The highest BCUT2D eigenvalue weighted by Crippen LogP contribution is 2.20. The van der Waals surface area contributed by atoms with E-state index in [4.69, 9.17) is 11.5 Å². The van der Waals surface area contributed by atoms with Gasteiger partial charge in [0.25, 0.3) is 0 Å². The highest BCUT2D eigenvalue weighted by molar-refractivity contribution is 5.97. The molecule has 0 heterocycles. The lowest BCUT2D eigenvalue weighted by Gasteiger charge is -2.17. The summed E-state index contributed by atoms with van der Waals surface area (Å²) < 4.78 is 0. The minimum Gasteiger partial charge on any atom is -0.392 e. The lowest BCUT2D eigenvalue weighted by atomic mass is 9.90. The normalized spacial score (nSPS) is 25.2. The van der Waals surface area contributed by atoms with Crippen molar-refractivity contribution >= 4 is 5.78 Å². The molecule has 2 nitrogen and oxygen atoms in total. The number of terminal acetylenes is 1. The topological polar surface area (TPSA) is 37.3 Å². The van der Waals surface area contributed by atoms with E-state index in [2.05, 4.69) is 5.92 Å². The van der Waals surface area contributed by atoms with E-state index in [-0.39, 0.29) is 12.2 Å². The molecule has 11 heavy (non-hydrogen) atoms. The first-order valence-electron chi connectivity index (χ1n) is 3.52. The molecule has 1 aliphatic carbocycles. The van der Waals surface area contributed by atoms with Gasteiger partial charge in [-0.05, 0) is 6.92 Å². The van der Waals surface area contributed by atoms with Gasteiger partial charge in [0, 0.05) is 24.0 Å². The van der Waals surface area contributed by atoms with E-state index in [0.29, 0.717) is 17.6 Å².